The lowest BCUT2D eigenvalue weighted by atomic mass is 10.1. The zero-order valence-electron chi connectivity index (χ0n) is 8.08. The van der Waals surface area contributed by atoms with Crippen LogP contribution in [0.4, 0.5) is 4.39 Å². The van der Waals surface area contributed by atoms with Gasteiger partial charge in [0.15, 0.2) is 0 Å². The van der Waals surface area contributed by atoms with Gasteiger partial charge in [-0.1, -0.05) is 22.0 Å². The molecule has 0 saturated heterocycles. The van der Waals surface area contributed by atoms with E-state index < -0.39 is 6.04 Å². The maximum absolute atomic E-state index is 13.7. The third-order valence-electron chi connectivity index (χ3n) is 2.22. The Morgan fingerprint density at radius 2 is 2.00 bits per heavy atom. The molecule has 1 atom stereocenters. The van der Waals surface area contributed by atoms with Crippen LogP contribution in [0, 0.1) is 5.82 Å². The highest BCUT2D eigenvalue weighted by molar-refractivity contribution is 9.10. The second-order valence-electron chi connectivity index (χ2n) is 3.28. The molecular weight excluding hydrogens is 357 g/mol. The van der Waals surface area contributed by atoms with Crippen molar-refractivity contribution < 1.29 is 4.39 Å². The van der Waals surface area contributed by atoms with Crippen LogP contribution in [-0.4, -0.2) is 0 Å². The summed E-state index contributed by atoms with van der Waals surface area (Å²) >= 11 is 8.14. The summed E-state index contributed by atoms with van der Waals surface area (Å²) < 4.78 is 15.3. The van der Waals surface area contributed by atoms with E-state index in [1.807, 2.05) is 11.4 Å². The molecule has 16 heavy (non-hydrogen) atoms. The van der Waals surface area contributed by atoms with Crippen LogP contribution < -0.4 is 5.73 Å². The van der Waals surface area contributed by atoms with Gasteiger partial charge in [0.05, 0.1) is 6.04 Å². The maximum Gasteiger partial charge on any atom is 0.129 e. The van der Waals surface area contributed by atoms with Gasteiger partial charge in [-0.25, -0.2) is 4.39 Å². The highest BCUT2D eigenvalue weighted by Gasteiger charge is 2.17. The molecule has 0 bridgehead atoms. The summed E-state index contributed by atoms with van der Waals surface area (Å²) in [5, 5.41) is 1.93. The molecule has 2 N–H and O–H groups in total. The Morgan fingerprint density at radius 1 is 1.25 bits per heavy atom. The second-order valence-corrected chi connectivity index (χ2v) is 5.99. The van der Waals surface area contributed by atoms with Crippen LogP contribution in [0.5, 0.6) is 0 Å². The van der Waals surface area contributed by atoms with Gasteiger partial charge in [0.1, 0.15) is 5.82 Å². The molecule has 5 heteroatoms. The van der Waals surface area contributed by atoms with Crippen molar-refractivity contribution in [1.29, 1.82) is 0 Å². The molecule has 84 valence electrons. The van der Waals surface area contributed by atoms with E-state index in [0.717, 1.165) is 9.35 Å². The third kappa shape index (κ3) is 2.37. The fourth-order valence-electron chi connectivity index (χ4n) is 1.42. The summed E-state index contributed by atoms with van der Waals surface area (Å²) in [6.45, 7) is 0. The van der Waals surface area contributed by atoms with Crippen LogP contribution >= 0.6 is 43.2 Å². The van der Waals surface area contributed by atoms with Crippen LogP contribution in [0.1, 0.15) is 16.5 Å². The number of thiophene rings is 1. The van der Waals surface area contributed by atoms with Gasteiger partial charge in [-0.3, -0.25) is 0 Å². The first-order valence-electron chi connectivity index (χ1n) is 4.53. The summed E-state index contributed by atoms with van der Waals surface area (Å²) in [7, 11) is 0. The van der Waals surface area contributed by atoms with Gasteiger partial charge in [0.25, 0.3) is 0 Å². The Bertz CT molecular complexity index is 512. The van der Waals surface area contributed by atoms with E-state index in [9.17, 15) is 4.39 Å². The number of nitrogens with two attached hydrogens (primary N) is 1. The van der Waals surface area contributed by atoms with Crippen molar-refractivity contribution in [3.8, 4) is 0 Å². The average Bonchev–Trinajstić information content (AvgIpc) is 2.63. The van der Waals surface area contributed by atoms with E-state index in [4.69, 9.17) is 5.73 Å². The molecule has 0 radical (unpaired) electrons. The molecule has 2 aromatic rings. The number of hydrogen-bond acceptors (Lipinski definition) is 2. The van der Waals surface area contributed by atoms with E-state index in [0.29, 0.717) is 10.0 Å². The lowest BCUT2D eigenvalue weighted by molar-refractivity contribution is 0.600. The van der Waals surface area contributed by atoms with Gasteiger partial charge in [-0.2, -0.15) is 0 Å². The van der Waals surface area contributed by atoms with Crippen molar-refractivity contribution in [3.63, 3.8) is 0 Å². The molecule has 2 rings (SSSR count). The largest absolute Gasteiger partial charge is 0.319 e. The summed E-state index contributed by atoms with van der Waals surface area (Å²) in [6.07, 6.45) is 0. The van der Waals surface area contributed by atoms with Crippen LogP contribution in [0.2, 0.25) is 0 Å². The van der Waals surface area contributed by atoms with Gasteiger partial charge >= 0.3 is 0 Å². The fourth-order valence-corrected chi connectivity index (χ4v) is 3.39. The van der Waals surface area contributed by atoms with Crippen LogP contribution in [0.25, 0.3) is 0 Å². The van der Waals surface area contributed by atoms with Gasteiger partial charge in [0, 0.05) is 19.4 Å². The number of halogens is 3. The van der Waals surface area contributed by atoms with E-state index in [1.165, 1.54) is 17.4 Å². The minimum Gasteiger partial charge on any atom is -0.319 e. The smallest absolute Gasteiger partial charge is 0.129 e. The molecule has 1 unspecified atom stereocenters. The van der Waals surface area contributed by atoms with Crippen molar-refractivity contribution in [2.75, 3.05) is 0 Å². The molecule has 0 aliphatic carbocycles. The molecule has 0 aliphatic heterocycles. The molecule has 1 heterocycles. The lowest BCUT2D eigenvalue weighted by Crippen LogP contribution is -2.12. The maximum atomic E-state index is 13.7. The Morgan fingerprint density at radius 3 is 2.56 bits per heavy atom. The van der Waals surface area contributed by atoms with E-state index >= 15 is 0 Å². The molecule has 1 aromatic carbocycles. The first kappa shape index (κ1) is 12.2. The second kappa shape index (κ2) is 4.96. The quantitative estimate of drug-likeness (QED) is 0.836. The molecule has 0 amide bonds. The summed E-state index contributed by atoms with van der Waals surface area (Å²) in [5.41, 5.74) is 6.54. The predicted octanol–water partition coefficient (Wildman–Crippen LogP) is 4.46. The lowest BCUT2D eigenvalue weighted by Gasteiger charge is -2.12. The molecule has 0 fully saturated rings. The van der Waals surface area contributed by atoms with Gasteiger partial charge in [-0.05, 0) is 39.5 Å². The normalized spacial score (nSPS) is 12.8. The molecule has 0 aliphatic rings. The van der Waals surface area contributed by atoms with Crippen LogP contribution in [-0.2, 0) is 0 Å². The molecule has 1 nitrogen and oxygen atoms in total. The van der Waals surface area contributed by atoms with E-state index in [1.54, 1.807) is 12.1 Å². The Labute approximate surface area is 114 Å². The van der Waals surface area contributed by atoms with E-state index in [-0.39, 0.29) is 5.82 Å². The van der Waals surface area contributed by atoms with Crippen LogP contribution in [0.3, 0.4) is 0 Å². The first-order valence-corrected chi connectivity index (χ1v) is 6.99. The minimum atomic E-state index is -0.428. The van der Waals surface area contributed by atoms with Crippen molar-refractivity contribution in [2.45, 2.75) is 6.04 Å². The van der Waals surface area contributed by atoms with Gasteiger partial charge in [0.2, 0.25) is 0 Å². The third-order valence-corrected chi connectivity index (χ3v) is 4.67. The Kier molecular flexibility index (Phi) is 3.79. The molecule has 0 spiro atoms. The Hall–Kier alpha value is -0.230. The zero-order chi connectivity index (χ0) is 11.7. The predicted molar refractivity (Wildman–Crippen MR) is 72.1 cm³/mol. The van der Waals surface area contributed by atoms with Crippen molar-refractivity contribution in [1.82, 2.24) is 0 Å². The highest BCUT2D eigenvalue weighted by atomic mass is 79.9. The monoisotopic (exact) mass is 363 g/mol. The topological polar surface area (TPSA) is 26.0 Å². The highest BCUT2D eigenvalue weighted by Crippen LogP contribution is 2.33. The fraction of sp³-hybridized carbons (Fsp3) is 0.0909. The van der Waals surface area contributed by atoms with Gasteiger partial charge < -0.3 is 5.73 Å². The van der Waals surface area contributed by atoms with Crippen molar-refractivity contribution in [2.24, 2.45) is 5.73 Å². The van der Waals surface area contributed by atoms with E-state index in [2.05, 4.69) is 31.9 Å². The SMILES string of the molecule is NC(c1ccc(Br)cc1F)c1sccc1Br. The summed E-state index contributed by atoms with van der Waals surface area (Å²) in [5.74, 6) is -0.290. The standard InChI is InChI=1S/C11H8Br2FNS/c12-6-1-2-7(9(14)5-6)10(15)11-8(13)3-4-16-11/h1-5,10H,15H2. The summed E-state index contributed by atoms with van der Waals surface area (Å²) in [4.78, 5) is 0.932. The van der Waals surface area contributed by atoms with Gasteiger partial charge in [-0.15, -0.1) is 11.3 Å². The molecule has 1 aromatic heterocycles. The zero-order valence-corrected chi connectivity index (χ0v) is 12.1. The van der Waals surface area contributed by atoms with Crippen LogP contribution in [0.15, 0.2) is 38.6 Å². The van der Waals surface area contributed by atoms with Crippen molar-refractivity contribution >= 4 is 43.2 Å². The molecule has 0 saturated carbocycles. The minimum absolute atomic E-state index is 0.290. The summed E-state index contributed by atoms with van der Waals surface area (Å²) in [6, 6.07) is 6.41. The number of hydrogen-bond donors (Lipinski definition) is 1. The number of benzene rings is 1. The first-order chi connectivity index (χ1) is 7.59. The number of rotatable bonds is 2. The Balaban J connectivity index is 2.41. The average molecular weight is 365 g/mol. The van der Waals surface area contributed by atoms with Crippen molar-refractivity contribution in [3.05, 3.63) is 54.8 Å². The molecular formula is C11H8Br2FNS.